The molecule has 0 bridgehead atoms. The van der Waals surface area contributed by atoms with Gasteiger partial charge in [0.25, 0.3) is 0 Å². The minimum absolute atomic E-state index is 0.0671. The van der Waals surface area contributed by atoms with Gasteiger partial charge < -0.3 is 0 Å². The lowest BCUT2D eigenvalue weighted by Crippen LogP contribution is -2.05. The SMILES string of the molecule is CCCCc1cccc(C(=O)c2ccc(Cl)cc2)c1C. The van der Waals surface area contributed by atoms with Crippen LogP contribution in [0.25, 0.3) is 0 Å². The van der Waals surface area contributed by atoms with E-state index in [-0.39, 0.29) is 5.78 Å². The summed E-state index contributed by atoms with van der Waals surface area (Å²) in [6.45, 7) is 4.21. The van der Waals surface area contributed by atoms with Crippen molar-refractivity contribution in [3.8, 4) is 0 Å². The molecular formula is C18H19ClO. The largest absolute Gasteiger partial charge is 0.289 e. The molecule has 0 radical (unpaired) electrons. The number of ketones is 1. The highest BCUT2D eigenvalue weighted by molar-refractivity contribution is 6.30. The van der Waals surface area contributed by atoms with Gasteiger partial charge >= 0.3 is 0 Å². The van der Waals surface area contributed by atoms with Crippen LogP contribution in [0, 0.1) is 6.92 Å². The number of hydrogen-bond donors (Lipinski definition) is 0. The first-order valence-corrected chi connectivity index (χ1v) is 7.40. The van der Waals surface area contributed by atoms with Crippen molar-refractivity contribution in [2.24, 2.45) is 0 Å². The van der Waals surface area contributed by atoms with Gasteiger partial charge in [-0.1, -0.05) is 43.1 Å². The number of carbonyl (C=O) groups excluding carboxylic acids is 1. The third-order valence-corrected chi connectivity index (χ3v) is 3.85. The molecule has 0 saturated heterocycles. The quantitative estimate of drug-likeness (QED) is 0.689. The maximum Gasteiger partial charge on any atom is 0.193 e. The maximum absolute atomic E-state index is 12.6. The first kappa shape index (κ1) is 14.8. The molecule has 0 spiro atoms. The summed E-state index contributed by atoms with van der Waals surface area (Å²) in [6.07, 6.45) is 3.35. The van der Waals surface area contributed by atoms with E-state index in [1.165, 1.54) is 5.56 Å². The molecule has 1 nitrogen and oxygen atoms in total. The second kappa shape index (κ2) is 6.71. The fourth-order valence-corrected chi connectivity index (χ4v) is 2.45. The lowest BCUT2D eigenvalue weighted by Gasteiger charge is -2.10. The van der Waals surface area contributed by atoms with Crippen molar-refractivity contribution in [2.45, 2.75) is 33.1 Å². The predicted octanol–water partition coefficient (Wildman–Crippen LogP) is 5.22. The molecule has 0 fully saturated rings. The third kappa shape index (κ3) is 3.29. The molecule has 0 heterocycles. The summed E-state index contributed by atoms with van der Waals surface area (Å²) < 4.78 is 0. The van der Waals surface area contributed by atoms with E-state index in [4.69, 9.17) is 11.6 Å². The van der Waals surface area contributed by atoms with E-state index in [1.807, 2.05) is 19.1 Å². The van der Waals surface area contributed by atoms with Crippen LogP contribution in [0.3, 0.4) is 0 Å². The Kier molecular flexibility index (Phi) is 4.97. The van der Waals surface area contributed by atoms with Gasteiger partial charge in [-0.15, -0.1) is 0 Å². The van der Waals surface area contributed by atoms with Crippen LogP contribution in [-0.4, -0.2) is 5.78 Å². The number of hydrogen-bond acceptors (Lipinski definition) is 1. The number of aryl methyl sites for hydroxylation is 1. The van der Waals surface area contributed by atoms with E-state index in [1.54, 1.807) is 24.3 Å². The van der Waals surface area contributed by atoms with E-state index in [0.29, 0.717) is 10.6 Å². The molecule has 20 heavy (non-hydrogen) atoms. The molecule has 104 valence electrons. The molecule has 0 aliphatic rings. The lowest BCUT2D eigenvalue weighted by atomic mass is 9.93. The van der Waals surface area contributed by atoms with Gasteiger partial charge in [-0.25, -0.2) is 0 Å². The van der Waals surface area contributed by atoms with E-state index in [0.717, 1.165) is 30.4 Å². The fourth-order valence-electron chi connectivity index (χ4n) is 2.32. The summed E-state index contributed by atoms with van der Waals surface area (Å²) in [4.78, 5) is 12.6. The average Bonchev–Trinajstić information content (AvgIpc) is 2.46. The van der Waals surface area contributed by atoms with Crippen LogP contribution in [0.1, 0.15) is 46.8 Å². The molecule has 0 aromatic heterocycles. The van der Waals surface area contributed by atoms with Crippen molar-refractivity contribution in [1.82, 2.24) is 0 Å². The Morgan fingerprint density at radius 1 is 1.10 bits per heavy atom. The minimum atomic E-state index is 0.0671. The first-order chi connectivity index (χ1) is 9.63. The number of halogens is 1. The van der Waals surface area contributed by atoms with Crippen molar-refractivity contribution >= 4 is 17.4 Å². The molecule has 0 aliphatic heterocycles. The Hall–Kier alpha value is -1.60. The topological polar surface area (TPSA) is 17.1 Å². The second-order valence-electron chi connectivity index (χ2n) is 5.03. The van der Waals surface area contributed by atoms with Gasteiger partial charge in [0.05, 0.1) is 0 Å². The molecule has 2 aromatic carbocycles. The van der Waals surface area contributed by atoms with Gasteiger partial charge in [0.15, 0.2) is 5.78 Å². The smallest absolute Gasteiger partial charge is 0.193 e. The van der Waals surface area contributed by atoms with Crippen LogP contribution in [0.2, 0.25) is 5.02 Å². The highest BCUT2D eigenvalue weighted by Crippen LogP contribution is 2.20. The third-order valence-electron chi connectivity index (χ3n) is 3.60. The molecule has 0 unspecified atom stereocenters. The standard InChI is InChI=1S/C18H19ClO/c1-3-4-6-14-7-5-8-17(13(14)2)18(20)15-9-11-16(19)12-10-15/h5,7-12H,3-4,6H2,1-2H3. The number of rotatable bonds is 5. The molecule has 2 heteroatoms. The zero-order chi connectivity index (χ0) is 14.5. The highest BCUT2D eigenvalue weighted by atomic mass is 35.5. The zero-order valence-electron chi connectivity index (χ0n) is 11.9. The normalized spacial score (nSPS) is 10.6. The summed E-state index contributed by atoms with van der Waals surface area (Å²) in [7, 11) is 0. The Morgan fingerprint density at radius 2 is 1.80 bits per heavy atom. The molecule has 0 saturated carbocycles. The monoisotopic (exact) mass is 286 g/mol. The van der Waals surface area contributed by atoms with Crippen LogP contribution < -0.4 is 0 Å². The molecule has 2 aromatic rings. The van der Waals surface area contributed by atoms with Gasteiger partial charge in [0.1, 0.15) is 0 Å². The Balaban J connectivity index is 2.32. The molecule has 2 rings (SSSR count). The van der Waals surface area contributed by atoms with Crippen LogP contribution in [0.4, 0.5) is 0 Å². The van der Waals surface area contributed by atoms with E-state index in [2.05, 4.69) is 13.0 Å². The van der Waals surface area contributed by atoms with Crippen LogP contribution >= 0.6 is 11.6 Å². The predicted molar refractivity (Wildman–Crippen MR) is 84.7 cm³/mol. The molecule has 0 amide bonds. The van der Waals surface area contributed by atoms with Crippen molar-refractivity contribution in [1.29, 1.82) is 0 Å². The van der Waals surface area contributed by atoms with Gasteiger partial charge in [-0.2, -0.15) is 0 Å². The fraction of sp³-hybridized carbons (Fsp3) is 0.278. The molecular weight excluding hydrogens is 268 g/mol. The van der Waals surface area contributed by atoms with Crippen LogP contribution in [-0.2, 0) is 6.42 Å². The van der Waals surface area contributed by atoms with Gasteiger partial charge in [-0.3, -0.25) is 4.79 Å². The van der Waals surface area contributed by atoms with Crippen molar-refractivity contribution in [2.75, 3.05) is 0 Å². The first-order valence-electron chi connectivity index (χ1n) is 7.02. The Bertz CT molecular complexity index is 599. The maximum atomic E-state index is 12.6. The van der Waals surface area contributed by atoms with Gasteiger partial charge in [0.2, 0.25) is 0 Å². The number of carbonyl (C=O) groups is 1. The van der Waals surface area contributed by atoms with Crippen LogP contribution in [0.15, 0.2) is 42.5 Å². The summed E-state index contributed by atoms with van der Waals surface area (Å²) >= 11 is 5.86. The average molecular weight is 287 g/mol. The van der Waals surface area contributed by atoms with Crippen LogP contribution in [0.5, 0.6) is 0 Å². The van der Waals surface area contributed by atoms with E-state index >= 15 is 0 Å². The van der Waals surface area contributed by atoms with Gasteiger partial charge in [-0.05, 0) is 55.2 Å². The highest BCUT2D eigenvalue weighted by Gasteiger charge is 2.13. The summed E-state index contributed by atoms with van der Waals surface area (Å²) in [5.74, 6) is 0.0671. The molecule has 0 atom stereocenters. The van der Waals surface area contributed by atoms with Crippen molar-refractivity contribution in [3.05, 3.63) is 69.7 Å². The van der Waals surface area contributed by atoms with E-state index < -0.39 is 0 Å². The minimum Gasteiger partial charge on any atom is -0.289 e. The summed E-state index contributed by atoms with van der Waals surface area (Å²) in [6, 6.07) is 13.1. The summed E-state index contributed by atoms with van der Waals surface area (Å²) in [5.41, 5.74) is 3.85. The van der Waals surface area contributed by atoms with Gasteiger partial charge in [0, 0.05) is 16.1 Å². The lowest BCUT2D eigenvalue weighted by molar-refractivity contribution is 0.103. The van der Waals surface area contributed by atoms with Crippen molar-refractivity contribution < 1.29 is 4.79 Å². The van der Waals surface area contributed by atoms with Crippen molar-refractivity contribution in [3.63, 3.8) is 0 Å². The summed E-state index contributed by atoms with van der Waals surface area (Å²) in [5, 5.41) is 0.648. The zero-order valence-corrected chi connectivity index (χ0v) is 12.7. The number of unbranched alkanes of at least 4 members (excludes halogenated alkanes) is 1. The number of benzene rings is 2. The van der Waals surface area contributed by atoms with E-state index in [9.17, 15) is 4.79 Å². The second-order valence-corrected chi connectivity index (χ2v) is 5.47. The molecule has 0 aliphatic carbocycles. The Morgan fingerprint density at radius 3 is 2.45 bits per heavy atom. The molecule has 0 N–H and O–H groups in total. The Labute approximate surface area is 125 Å².